The summed E-state index contributed by atoms with van der Waals surface area (Å²) in [7, 11) is 0. The van der Waals surface area contributed by atoms with Crippen molar-refractivity contribution in [1.82, 2.24) is 0 Å². The number of para-hydroxylation sites is 1. The van der Waals surface area contributed by atoms with Gasteiger partial charge in [0.15, 0.2) is 5.78 Å². The average Bonchev–Trinajstić information content (AvgIpc) is 2.91. The first-order valence-corrected chi connectivity index (χ1v) is 10.9. The fourth-order valence-corrected chi connectivity index (χ4v) is 4.82. The molecule has 0 saturated carbocycles. The van der Waals surface area contributed by atoms with Crippen molar-refractivity contribution >= 4 is 40.7 Å². The van der Waals surface area contributed by atoms with Crippen molar-refractivity contribution in [2.75, 3.05) is 16.8 Å². The number of benzene rings is 3. The molecule has 31 heavy (non-hydrogen) atoms. The van der Waals surface area contributed by atoms with Crippen LogP contribution in [-0.2, 0) is 9.59 Å². The lowest BCUT2D eigenvalue weighted by Crippen LogP contribution is -2.38. The molecule has 1 N–H and O–H groups in total. The van der Waals surface area contributed by atoms with E-state index in [0.29, 0.717) is 17.7 Å². The van der Waals surface area contributed by atoms with Gasteiger partial charge in [-0.05, 0) is 48.9 Å². The van der Waals surface area contributed by atoms with Crippen molar-refractivity contribution in [1.29, 1.82) is 0 Å². The summed E-state index contributed by atoms with van der Waals surface area (Å²) in [6.07, 6.45) is 0.309. The number of rotatable bonds is 5. The van der Waals surface area contributed by atoms with Gasteiger partial charge in [-0.3, -0.25) is 14.4 Å². The van der Waals surface area contributed by atoms with E-state index in [1.807, 2.05) is 54.6 Å². The Balaban J connectivity index is 1.54. The first-order valence-electron chi connectivity index (χ1n) is 10.0. The summed E-state index contributed by atoms with van der Waals surface area (Å²) in [5.74, 6) is -0.412. The van der Waals surface area contributed by atoms with Crippen LogP contribution in [0.15, 0.2) is 83.8 Å². The Hall–Kier alpha value is -3.38. The number of nitrogens with zero attached hydrogens (tertiary/aromatic N) is 1. The maximum Gasteiger partial charge on any atom is 0.244 e. The molecule has 0 aliphatic carbocycles. The minimum absolute atomic E-state index is 0.0120. The average molecular weight is 431 g/mol. The zero-order valence-corrected chi connectivity index (χ0v) is 17.9. The van der Waals surface area contributed by atoms with Crippen LogP contribution in [0.4, 0.5) is 11.4 Å². The maximum atomic E-state index is 13.2. The van der Waals surface area contributed by atoms with Crippen LogP contribution in [0.2, 0.25) is 0 Å². The molecule has 1 aliphatic rings. The third-order valence-electron chi connectivity index (χ3n) is 5.13. The zero-order valence-electron chi connectivity index (χ0n) is 17.1. The van der Waals surface area contributed by atoms with Gasteiger partial charge in [-0.15, -0.1) is 11.8 Å². The molecule has 0 bridgehead atoms. The molecule has 6 heteroatoms. The highest BCUT2D eigenvalue weighted by molar-refractivity contribution is 7.99. The molecule has 1 heterocycles. The Morgan fingerprint density at radius 2 is 1.65 bits per heavy atom. The fourth-order valence-electron chi connectivity index (χ4n) is 3.54. The number of carbonyl (C=O) groups is 3. The second kappa shape index (κ2) is 9.18. The summed E-state index contributed by atoms with van der Waals surface area (Å²) in [4.78, 5) is 39.9. The highest BCUT2D eigenvalue weighted by Gasteiger charge is 2.30. The summed E-state index contributed by atoms with van der Waals surface area (Å²) in [5, 5.41) is 2.81. The topological polar surface area (TPSA) is 66.5 Å². The standard InChI is InChI=1S/C25H22N2O3S/c1-17(28)18-11-13-20(14-12-18)26-24(29)16-27-21-9-5-6-10-22(21)31-23(15-25(27)30)19-7-3-2-4-8-19/h2-14,23H,15-16H2,1H3,(H,26,29)/t23-/m0/s1. The van der Waals surface area contributed by atoms with Crippen LogP contribution in [-0.4, -0.2) is 24.1 Å². The van der Waals surface area contributed by atoms with E-state index in [0.717, 1.165) is 16.1 Å². The van der Waals surface area contributed by atoms with E-state index in [1.54, 1.807) is 40.9 Å². The number of thioether (sulfide) groups is 1. The number of hydrogen-bond donors (Lipinski definition) is 1. The van der Waals surface area contributed by atoms with E-state index in [1.165, 1.54) is 6.92 Å². The largest absolute Gasteiger partial charge is 0.325 e. The molecular weight excluding hydrogens is 408 g/mol. The van der Waals surface area contributed by atoms with E-state index in [4.69, 9.17) is 0 Å². The van der Waals surface area contributed by atoms with Crippen LogP contribution in [0.5, 0.6) is 0 Å². The van der Waals surface area contributed by atoms with Gasteiger partial charge in [0.2, 0.25) is 11.8 Å². The molecule has 3 aromatic carbocycles. The first-order chi connectivity index (χ1) is 15.0. The van der Waals surface area contributed by atoms with Crippen LogP contribution in [0.3, 0.4) is 0 Å². The lowest BCUT2D eigenvalue weighted by Gasteiger charge is -2.22. The molecule has 0 radical (unpaired) electrons. The lowest BCUT2D eigenvalue weighted by atomic mass is 10.1. The monoisotopic (exact) mass is 430 g/mol. The van der Waals surface area contributed by atoms with Gasteiger partial charge in [0.25, 0.3) is 0 Å². The molecule has 3 aromatic rings. The Morgan fingerprint density at radius 1 is 0.968 bits per heavy atom. The molecule has 0 saturated heterocycles. The van der Waals surface area contributed by atoms with Gasteiger partial charge in [-0.2, -0.15) is 0 Å². The predicted molar refractivity (Wildman–Crippen MR) is 124 cm³/mol. The SMILES string of the molecule is CC(=O)c1ccc(NC(=O)CN2C(=O)C[C@@H](c3ccccc3)Sc3ccccc32)cc1. The van der Waals surface area contributed by atoms with E-state index in [9.17, 15) is 14.4 Å². The Kier molecular flexibility index (Phi) is 6.18. The molecule has 0 fully saturated rings. The van der Waals surface area contributed by atoms with Gasteiger partial charge < -0.3 is 10.2 Å². The molecule has 0 aromatic heterocycles. The van der Waals surface area contributed by atoms with E-state index in [-0.39, 0.29) is 29.4 Å². The fraction of sp³-hybridized carbons (Fsp3) is 0.160. The van der Waals surface area contributed by atoms with Crippen molar-refractivity contribution in [2.45, 2.75) is 23.5 Å². The van der Waals surface area contributed by atoms with E-state index < -0.39 is 0 Å². The highest BCUT2D eigenvalue weighted by Crippen LogP contribution is 2.45. The Labute approximate surface area is 185 Å². The van der Waals surface area contributed by atoms with Crippen molar-refractivity contribution in [2.24, 2.45) is 0 Å². The van der Waals surface area contributed by atoms with Crippen molar-refractivity contribution in [3.05, 3.63) is 90.0 Å². The third-order valence-corrected chi connectivity index (χ3v) is 6.46. The Morgan fingerprint density at radius 3 is 2.35 bits per heavy atom. The molecule has 156 valence electrons. The summed E-state index contributed by atoms with van der Waals surface area (Å²) in [5.41, 5.74) is 3.01. The number of nitrogens with one attached hydrogen (secondary N) is 1. The highest BCUT2D eigenvalue weighted by atomic mass is 32.2. The van der Waals surface area contributed by atoms with Crippen molar-refractivity contribution in [3.63, 3.8) is 0 Å². The third kappa shape index (κ3) is 4.86. The number of amides is 2. The second-order valence-corrected chi connectivity index (χ2v) is 8.60. The van der Waals surface area contributed by atoms with E-state index in [2.05, 4.69) is 5.32 Å². The molecule has 2 amide bonds. The zero-order chi connectivity index (χ0) is 21.8. The summed E-state index contributed by atoms with van der Waals surface area (Å²) in [6.45, 7) is 1.42. The van der Waals surface area contributed by atoms with Crippen molar-refractivity contribution < 1.29 is 14.4 Å². The predicted octanol–water partition coefficient (Wildman–Crippen LogP) is 5.10. The number of ketones is 1. The molecule has 4 rings (SSSR count). The first kappa shape index (κ1) is 20.9. The van der Waals surface area contributed by atoms with Gasteiger partial charge in [0.05, 0.1) is 5.69 Å². The number of carbonyl (C=O) groups excluding carboxylic acids is 3. The van der Waals surface area contributed by atoms with Gasteiger partial charge in [-0.25, -0.2) is 0 Å². The lowest BCUT2D eigenvalue weighted by molar-refractivity contribution is -0.121. The molecule has 0 unspecified atom stereocenters. The van der Waals surface area contributed by atoms with Crippen LogP contribution in [0, 0.1) is 0 Å². The number of hydrogen-bond acceptors (Lipinski definition) is 4. The van der Waals surface area contributed by atoms with Gasteiger partial charge in [0.1, 0.15) is 6.54 Å². The summed E-state index contributed by atoms with van der Waals surface area (Å²) >= 11 is 1.65. The van der Waals surface area contributed by atoms with Crippen LogP contribution < -0.4 is 10.2 Å². The smallest absolute Gasteiger partial charge is 0.244 e. The minimum atomic E-state index is -0.290. The summed E-state index contributed by atoms with van der Waals surface area (Å²) in [6, 6.07) is 24.4. The normalized spacial score (nSPS) is 15.7. The quantitative estimate of drug-likeness (QED) is 0.572. The van der Waals surface area contributed by atoms with Crippen LogP contribution in [0.1, 0.15) is 34.5 Å². The van der Waals surface area contributed by atoms with Crippen molar-refractivity contribution in [3.8, 4) is 0 Å². The number of anilines is 2. The van der Waals surface area contributed by atoms with Crippen LogP contribution >= 0.6 is 11.8 Å². The molecular formula is C25H22N2O3S. The summed E-state index contributed by atoms with van der Waals surface area (Å²) < 4.78 is 0. The maximum absolute atomic E-state index is 13.2. The van der Waals surface area contributed by atoms with E-state index >= 15 is 0 Å². The minimum Gasteiger partial charge on any atom is -0.325 e. The molecule has 1 atom stereocenters. The number of fused-ring (bicyclic) bond motifs is 1. The van der Waals surface area contributed by atoms with Crippen LogP contribution in [0.25, 0.3) is 0 Å². The van der Waals surface area contributed by atoms with Gasteiger partial charge >= 0.3 is 0 Å². The molecule has 1 aliphatic heterocycles. The molecule has 0 spiro atoms. The van der Waals surface area contributed by atoms with Gasteiger partial charge in [0, 0.05) is 27.8 Å². The number of Topliss-reactive ketones (excluding diaryl/α,β-unsaturated/α-hetero) is 1. The second-order valence-electron chi connectivity index (χ2n) is 7.35. The van der Waals surface area contributed by atoms with Gasteiger partial charge in [-0.1, -0.05) is 42.5 Å². The molecule has 5 nitrogen and oxygen atoms in total. The Bertz CT molecular complexity index is 1110.